The minimum absolute atomic E-state index is 0.0366. The summed E-state index contributed by atoms with van der Waals surface area (Å²) in [7, 11) is 0. The van der Waals surface area contributed by atoms with E-state index in [9.17, 15) is 9.59 Å². The maximum absolute atomic E-state index is 12.2. The zero-order chi connectivity index (χ0) is 15.5. The Kier molecular flexibility index (Phi) is 3.72. The van der Waals surface area contributed by atoms with Gasteiger partial charge in [0, 0.05) is 17.6 Å². The number of nitrogens with one attached hydrogen (secondary N) is 1. The Labute approximate surface area is 126 Å². The third kappa shape index (κ3) is 2.75. The number of carbonyl (C=O) groups excluding carboxylic acids is 1. The number of rotatable bonds is 3. The Morgan fingerprint density at radius 1 is 1.09 bits per heavy atom. The second kappa shape index (κ2) is 5.83. The molecule has 0 saturated carbocycles. The fraction of sp³-hybridized carbons (Fsp3) is 0.0588. The molecular formula is C17H14N2O3. The standard InChI is InChI=1S/C17H14N2O3/c18-10-11-6-7-15-12(8-11)9-14(17(21)22-15)16(20)19-13-4-2-1-3-5-13/h1-9H,10,18H2,(H,19,20). The number of hydrogen-bond donors (Lipinski definition) is 2. The van der Waals surface area contributed by atoms with Crippen molar-refractivity contribution in [2.45, 2.75) is 6.54 Å². The van der Waals surface area contributed by atoms with Gasteiger partial charge >= 0.3 is 5.63 Å². The quantitative estimate of drug-likeness (QED) is 0.727. The van der Waals surface area contributed by atoms with Gasteiger partial charge in [0.25, 0.3) is 5.91 Å². The number of para-hydroxylation sites is 1. The number of anilines is 1. The fourth-order valence-corrected chi connectivity index (χ4v) is 2.18. The summed E-state index contributed by atoms with van der Waals surface area (Å²) >= 11 is 0. The first-order valence-electron chi connectivity index (χ1n) is 6.80. The Morgan fingerprint density at radius 2 is 1.86 bits per heavy atom. The van der Waals surface area contributed by atoms with Gasteiger partial charge in [0.1, 0.15) is 11.1 Å². The number of hydrogen-bond acceptors (Lipinski definition) is 4. The van der Waals surface area contributed by atoms with Crippen molar-refractivity contribution in [3.63, 3.8) is 0 Å². The van der Waals surface area contributed by atoms with Crippen LogP contribution in [0.4, 0.5) is 5.69 Å². The molecule has 0 aliphatic carbocycles. The number of carbonyl (C=O) groups is 1. The maximum Gasteiger partial charge on any atom is 0.349 e. The summed E-state index contributed by atoms with van der Waals surface area (Å²) in [5, 5.41) is 3.34. The minimum atomic E-state index is -0.665. The molecule has 5 heteroatoms. The minimum Gasteiger partial charge on any atom is -0.422 e. The zero-order valence-corrected chi connectivity index (χ0v) is 11.7. The summed E-state index contributed by atoms with van der Waals surface area (Å²) < 4.78 is 5.19. The summed E-state index contributed by atoms with van der Waals surface area (Å²) in [6, 6.07) is 15.7. The molecule has 0 radical (unpaired) electrons. The molecule has 1 heterocycles. The average molecular weight is 294 g/mol. The molecule has 1 amide bonds. The van der Waals surface area contributed by atoms with Crippen molar-refractivity contribution in [2.24, 2.45) is 5.73 Å². The SMILES string of the molecule is NCc1ccc2oc(=O)c(C(=O)Nc3ccccc3)cc2c1. The topological polar surface area (TPSA) is 85.3 Å². The van der Waals surface area contributed by atoms with Gasteiger partial charge in [-0.3, -0.25) is 4.79 Å². The third-order valence-corrected chi connectivity index (χ3v) is 3.31. The predicted octanol–water partition coefficient (Wildman–Crippen LogP) is 2.50. The number of benzene rings is 2. The Hall–Kier alpha value is -2.92. The molecule has 22 heavy (non-hydrogen) atoms. The van der Waals surface area contributed by atoms with E-state index >= 15 is 0 Å². The van der Waals surface area contributed by atoms with Crippen LogP contribution in [0.15, 0.2) is 63.8 Å². The van der Waals surface area contributed by atoms with Gasteiger partial charge in [-0.25, -0.2) is 4.79 Å². The van der Waals surface area contributed by atoms with E-state index in [0.717, 1.165) is 5.56 Å². The molecule has 0 aliphatic rings. The van der Waals surface area contributed by atoms with Crippen LogP contribution in [0.3, 0.4) is 0 Å². The summed E-state index contributed by atoms with van der Waals surface area (Å²) in [6.45, 7) is 0.376. The molecule has 2 aromatic carbocycles. The van der Waals surface area contributed by atoms with E-state index in [-0.39, 0.29) is 5.56 Å². The molecule has 3 rings (SSSR count). The highest BCUT2D eigenvalue weighted by molar-refractivity contribution is 6.05. The number of fused-ring (bicyclic) bond motifs is 1. The molecule has 0 aliphatic heterocycles. The van der Waals surface area contributed by atoms with Gasteiger partial charge in [0.2, 0.25) is 0 Å². The van der Waals surface area contributed by atoms with E-state index in [1.165, 1.54) is 6.07 Å². The van der Waals surface area contributed by atoms with Crippen LogP contribution in [-0.2, 0) is 6.54 Å². The number of amides is 1. The zero-order valence-electron chi connectivity index (χ0n) is 11.7. The lowest BCUT2D eigenvalue weighted by molar-refractivity contribution is 0.102. The van der Waals surface area contributed by atoms with E-state index in [4.69, 9.17) is 10.2 Å². The van der Waals surface area contributed by atoms with Crippen LogP contribution in [-0.4, -0.2) is 5.91 Å². The molecule has 0 saturated heterocycles. The Bertz CT molecular complexity index is 885. The van der Waals surface area contributed by atoms with Gasteiger partial charge in [-0.1, -0.05) is 24.3 Å². The van der Waals surface area contributed by atoms with Crippen molar-refractivity contribution in [3.8, 4) is 0 Å². The van der Waals surface area contributed by atoms with Gasteiger partial charge in [0.15, 0.2) is 0 Å². The molecule has 0 fully saturated rings. The summed E-state index contributed by atoms with van der Waals surface area (Å²) in [5.74, 6) is -0.500. The van der Waals surface area contributed by atoms with Crippen molar-refractivity contribution in [3.05, 3.63) is 76.1 Å². The maximum atomic E-state index is 12.2. The van der Waals surface area contributed by atoms with Crippen LogP contribution < -0.4 is 16.7 Å². The highest BCUT2D eigenvalue weighted by atomic mass is 16.4. The normalized spacial score (nSPS) is 10.6. The van der Waals surface area contributed by atoms with Crippen molar-refractivity contribution in [1.29, 1.82) is 0 Å². The Morgan fingerprint density at radius 3 is 2.59 bits per heavy atom. The first-order chi connectivity index (χ1) is 10.7. The summed E-state index contributed by atoms with van der Waals surface area (Å²) in [4.78, 5) is 24.2. The molecular weight excluding hydrogens is 280 g/mol. The summed E-state index contributed by atoms with van der Waals surface area (Å²) in [5.41, 5.74) is 6.84. The van der Waals surface area contributed by atoms with Gasteiger partial charge in [-0.2, -0.15) is 0 Å². The molecule has 110 valence electrons. The van der Waals surface area contributed by atoms with Crippen LogP contribution in [0, 0.1) is 0 Å². The molecule has 0 spiro atoms. The van der Waals surface area contributed by atoms with Crippen molar-refractivity contribution in [2.75, 3.05) is 5.32 Å². The molecule has 0 bridgehead atoms. The molecule has 0 atom stereocenters. The predicted molar refractivity (Wildman–Crippen MR) is 84.8 cm³/mol. The molecule has 1 aromatic heterocycles. The second-order valence-corrected chi connectivity index (χ2v) is 4.84. The first-order valence-corrected chi connectivity index (χ1v) is 6.80. The third-order valence-electron chi connectivity index (χ3n) is 3.31. The average Bonchev–Trinajstić information content (AvgIpc) is 2.54. The van der Waals surface area contributed by atoms with Crippen molar-refractivity contribution < 1.29 is 9.21 Å². The van der Waals surface area contributed by atoms with Crippen LogP contribution in [0.2, 0.25) is 0 Å². The van der Waals surface area contributed by atoms with E-state index < -0.39 is 11.5 Å². The molecule has 3 N–H and O–H groups in total. The lowest BCUT2D eigenvalue weighted by Gasteiger charge is -2.05. The number of nitrogens with two attached hydrogens (primary N) is 1. The van der Waals surface area contributed by atoms with Crippen molar-refractivity contribution >= 4 is 22.6 Å². The summed E-state index contributed by atoms with van der Waals surface area (Å²) in [6.07, 6.45) is 0. The first kappa shape index (κ1) is 14.0. The lowest BCUT2D eigenvalue weighted by atomic mass is 10.1. The fourth-order valence-electron chi connectivity index (χ4n) is 2.18. The van der Waals surface area contributed by atoms with E-state index in [1.54, 1.807) is 42.5 Å². The van der Waals surface area contributed by atoms with Crippen LogP contribution in [0.5, 0.6) is 0 Å². The van der Waals surface area contributed by atoms with Gasteiger partial charge in [0.05, 0.1) is 0 Å². The lowest BCUT2D eigenvalue weighted by Crippen LogP contribution is -2.20. The second-order valence-electron chi connectivity index (χ2n) is 4.84. The van der Waals surface area contributed by atoms with E-state index in [0.29, 0.717) is 23.2 Å². The van der Waals surface area contributed by atoms with Crippen LogP contribution >= 0.6 is 0 Å². The molecule has 0 unspecified atom stereocenters. The van der Waals surface area contributed by atoms with Crippen molar-refractivity contribution in [1.82, 2.24) is 0 Å². The highest BCUT2D eigenvalue weighted by Crippen LogP contribution is 2.16. The van der Waals surface area contributed by atoms with Gasteiger partial charge in [-0.05, 0) is 35.9 Å². The Balaban J connectivity index is 2.00. The van der Waals surface area contributed by atoms with Crippen LogP contribution in [0.1, 0.15) is 15.9 Å². The monoisotopic (exact) mass is 294 g/mol. The largest absolute Gasteiger partial charge is 0.422 e. The van der Waals surface area contributed by atoms with E-state index in [1.807, 2.05) is 6.07 Å². The smallest absolute Gasteiger partial charge is 0.349 e. The van der Waals surface area contributed by atoms with Gasteiger partial charge < -0.3 is 15.5 Å². The van der Waals surface area contributed by atoms with Crippen LogP contribution in [0.25, 0.3) is 11.0 Å². The van der Waals surface area contributed by atoms with E-state index in [2.05, 4.69) is 5.32 Å². The molecule has 3 aromatic rings. The molecule has 5 nitrogen and oxygen atoms in total. The highest BCUT2D eigenvalue weighted by Gasteiger charge is 2.14. The van der Waals surface area contributed by atoms with Gasteiger partial charge in [-0.15, -0.1) is 0 Å².